The molecule has 1 aromatic rings. The molecule has 0 radical (unpaired) electrons. The number of aromatic nitrogens is 2. The summed E-state index contributed by atoms with van der Waals surface area (Å²) in [4.78, 5) is 27.6. The highest BCUT2D eigenvalue weighted by atomic mass is 16.6. The molecule has 1 amide bonds. The molecular formula is C15H25N3O4. The number of ether oxygens (including phenoxy) is 1. The van der Waals surface area contributed by atoms with E-state index in [1.54, 1.807) is 44.7 Å². The summed E-state index contributed by atoms with van der Waals surface area (Å²) in [5, 5.41) is 11.8. The van der Waals surface area contributed by atoms with Gasteiger partial charge >= 0.3 is 12.1 Å². The van der Waals surface area contributed by atoms with Gasteiger partial charge in [0, 0.05) is 18.3 Å². The second kappa shape index (κ2) is 6.81. The number of nitrogens with one attached hydrogen (secondary N) is 1. The third kappa shape index (κ3) is 4.75. The van der Waals surface area contributed by atoms with E-state index >= 15 is 0 Å². The van der Waals surface area contributed by atoms with Gasteiger partial charge in [0.25, 0.3) is 0 Å². The van der Waals surface area contributed by atoms with Gasteiger partial charge in [-0.25, -0.2) is 14.6 Å². The van der Waals surface area contributed by atoms with Crippen molar-refractivity contribution in [3.8, 4) is 0 Å². The fourth-order valence-electron chi connectivity index (χ4n) is 2.10. The van der Waals surface area contributed by atoms with Gasteiger partial charge in [-0.1, -0.05) is 13.8 Å². The third-order valence-electron chi connectivity index (χ3n) is 3.07. The van der Waals surface area contributed by atoms with Crippen molar-refractivity contribution >= 4 is 12.1 Å². The van der Waals surface area contributed by atoms with Crippen molar-refractivity contribution in [3.05, 3.63) is 18.2 Å². The first kappa shape index (κ1) is 18.0. The summed E-state index contributed by atoms with van der Waals surface area (Å²) in [5.41, 5.74) is -0.686. The Morgan fingerprint density at radius 2 is 1.91 bits per heavy atom. The molecule has 0 aromatic carbocycles. The zero-order valence-electron chi connectivity index (χ0n) is 14.0. The van der Waals surface area contributed by atoms with Gasteiger partial charge in [0.05, 0.1) is 6.04 Å². The minimum absolute atomic E-state index is 0.147. The van der Waals surface area contributed by atoms with E-state index in [1.807, 2.05) is 13.8 Å². The first-order valence-corrected chi connectivity index (χ1v) is 7.28. The highest BCUT2D eigenvalue weighted by molar-refractivity contribution is 5.80. The monoisotopic (exact) mass is 311 g/mol. The van der Waals surface area contributed by atoms with Crippen LogP contribution in [0.15, 0.2) is 12.4 Å². The van der Waals surface area contributed by atoms with Crippen molar-refractivity contribution in [2.75, 3.05) is 0 Å². The van der Waals surface area contributed by atoms with Gasteiger partial charge in [-0.05, 0) is 27.7 Å². The average Bonchev–Trinajstić information content (AvgIpc) is 2.81. The second-order valence-corrected chi connectivity index (χ2v) is 6.55. The molecule has 124 valence electrons. The van der Waals surface area contributed by atoms with Crippen LogP contribution in [0.5, 0.6) is 0 Å². The first-order valence-electron chi connectivity index (χ1n) is 7.28. The lowest BCUT2D eigenvalue weighted by Gasteiger charge is -2.27. The molecule has 2 atom stereocenters. The number of aliphatic carboxylic acids is 1. The maximum atomic E-state index is 11.8. The van der Waals surface area contributed by atoms with Crippen molar-refractivity contribution in [1.29, 1.82) is 0 Å². The van der Waals surface area contributed by atoms with Crippen molar-refractivity contribution in [3.63, 3.8) is 0 Å². The van der Waals surface area contributed by atoms with Crippen molar-refractivity contribution < 1.29 is 19.4 Å². The molecule has 0 spiro atoms. The Morgan fingerprint density at radius 3 is 2.36 bits per heavy atom. The number of alkyl carbamates (subject to hydrolysis) is 1. The number of amides is 1. The van der Waals surface area contributed by atoms with Crippen molar-refractivity contribution in [2.24, 2.45) is 0 Å². The van der Waals surface area contributed by atoms with Gasteiger partial charge in [-0.3, -0.25) is 0 Å². The van der Waals surface area contributed by atoms with Gasteiger partial charge in [-0.15, -0.1) is 0 Å². The number of hydrogen-bond donors (Lipinski definition) is 2. The van der Waals surface area contributed by atoms with Crippen LogP contribution in [-0.4, -0.2) is 38.4 Å². The normalized spacial score (nSPS) is 14.5. The summed E-state index contributed by atoms with van der Waals surface area (Å²) in [5.74, 6) is -0.208. The molecule has 2 unspecified atom stereocenters. The number of nitrogens with zero attached hydrogens (tertiary/aromatic N) is 2. The Morgan fingerprint density at radius 1 is 1.32 bits per heavy atom. The lowest BCUT2D eigenvalue weighted by Crippen LogP contribution is -2.47. The van der Waals surface area contributed by atoms with Crippen LogP contribution in [-0.2, 0) is 9.53 Å². The fraction of sp³-hybridized carbons (Fsp3) is 0.667. The number of carbonyl (C=O) groups is 2. The van der Waals surface area contributed by atoms with Gasteiger partial charge in [-0.2, -0.15) is 0 Å². The molecule has 1 rings (SSSR count). The summed E-state index contributed by atoms with van der Waals surface area (Å²) >= 11 is 0. The maximum absolute atomic E-state index is 11.8. The zero-order chi connectivity index (χ0) is 17.1. The molecular weight excluding hydrogens is 286 g/mol. The van der Waals surface area contributed by atoms with Crippen LogP contribution in [0.4, 0.5) is 4.79 Å². The Bertz CT molecular complexity index is 531. The number of carboxylic acids is 1. The Labute approximate surface area is 130 Å². The molecule has 0 saturated carbocycles. The number of carboxylic acid groups (broad SMARTS) is 1. The summed E-state index contributed by atoms with van der Waals surface area (Å²) in [7, 11) is 0. The van der Waals surface area contributed by atoms with Gasteiger partial charge in [0.15, 0.2) is 0 Å². The molecule has 0 aliphatic rings. The third-order valence-corrected chi connectivity index (χ3v) is 3.07. The van der Waals surface area contributed by atoms with E-state index in [9.17, 15) is 14.7 Å². The van der Waals surface area contributed by atoms with Gasteiger partial charge < -0.3 is 19.7 Å². The summed E-state index contributed by atoms with van der Waals surface area (Å²) in [6.45, 7) is 10.8. The first-order chi connectivity index (χ1) is 10.0. The minimum atomic E-state index is -1.12. The predicted octanol–water partition coefficient (Wildman–Crippen LogP) is 2.55. The predicted molar refractivity (Wildman–Crippen MR) is 81.8 cm³/mol. The van der Waals surface area contributed by atoms with E-state index in [4.69, 9.17) is 4.74 Å². The van der Waals surface area contributed by atoms with E-state index in [-0.39, 0.29) is 5.92 Å². The van der Waals surface area contributed by atoms with Crippen LogP contribution in [0.1, 0.15) is 59.3 Å². The van der Waals surface area contributed by atoms with Gasteiger partial charge in [0.1, 0.15) is 17.5 Å². The quantitative estimate of drug-likeness (QED) is 0.871. The van der Waals surface area contributed by atoms with E-state index < -0.39 is 29.7 Å². The van der Waals surface area contributed by atoms with E-state index in [0.29, 0.717) is 0 Å². The number of rotatable bonds is 5. The topological polar surface area (TPSA) is 93.5 Å². The van der Waals surface area contributed by atoms with Crippen molar-refractivity contribution in [2.45, 2.75) is 65.1 Å². The summed E-state index contributed by atoms with van der Waals surface area (Å²) in [6.07, 6.45) is 2.59. The smallest absolute Gasteiger partial charge is 0.408 e. The molecule has 0 aliphatic carbocycles. The molecule has 7 heteroatoms. The molecule has 0 bridgehead atoms. The maximum Gasteiger partial charge on any atom is 0.408 e. The molecule has 1 heterocycles. The van der Waals surface area contributed by atoms with Gasteiger partial charge in [0.2, 0.25) is 0 Å². The van der Waals surface area contributed by atoms with E-state index in [0.717, 1.165) is 5.82 Å². The Kier molecular flexibility index (Phi) is 5.57. The Hall–Kier alpha value is -2.05. The van der Waals surface area contributed by atoms with Crippen LogP contribution in [0, 0.1) is 0 Å². The molecule has 0 aliphatic heterocycles. The van der Waals surface area contributed by atoms with Crippen LogP contribution < -0.4 is 5.32 Å². The number of carbonyl (C=O) groups excluding carboxylic acids is 1. The summed E-state index contributed by atoms with van der Waals surface area (Å²) in [6, 6.07) is -1.61. The highest BCUT2D eigenvalue weighted by Gasteiger charge is 2.31. The number of imidazole rings is 1. The molecule has 0 fully saturated rings. The van der Waals surface area contributed by atoms with Crippen LogP contribution >= 0.6 is 0 Å². The van der Waals surface area contributed by atoms with E-state index in [2.05, 4.69) is 10.3 Å². The van der Waals surface area contributed by atoms with Crippen LogP contribution in [0.3, 0.4) is 0 Å². The standard InChI is InChI=1S/C15H25N3O4/c1-9(2)12-16-7-8-18(12)10(3)11(13(19)20)17-14(21)22-15(4,5)6/h7-11H,1-6H3,(H,17,21)(H,19,20). The fourth-order valence-corrected chi connectivity index (χ4v) is 2.10. The zero-order valence-corrected chi connectivity index (χ0v) is 14.0. The van der Waals surface area contributed by atoms with Crippen LogP contribution in [0.25, 0.3) is 0 Å². The average molecular weight is 311 g/mol. The van der Waals surface area contributed by atoms with E-state index in [1.165, 1.54) is 0 Å². The SMILES string of the molecule is CC(C)c1nccn1C(C)C(NC(=O)OC(C)(C)C)C(=O)O. The molecule has 1 aromatic heterocycles. The highest BCUT2D eigenvalue weighted by Crippen LogP contribution is 2.20. The minimum Gasteiger partial charge on any atom is -0.480 e. The molecule has 2 N–H and O–H groups in total. The summed E-state index contributed by atoms with van der Waals surface area (Å²) < 4.78 is 6.89. The molecule has 22 heavy (non-hydrogen) atoms. The Balaban J connectivity index is 2.93. The molecule has 0 saturated heterocycles. The second-order valence-electron chi connectivity index (χ2n) is 6.55. The lowest BCUT2D eigenvalue weighted by molar-refractivity contribution is -0.140. The van der Waals surface area contributed by atoms with Crippen molar-refractivity contribution in [1.82, 2.24) is 14.9 Å². The largest absolute Gasteiger partial charge is 0.480 e. The molecule has 7 nitrogen and oxygen atoms in total. The number of hydrogen-bond acceptors (Lipinski definition) is 4. The van der Waals surface area contributed by atoms with Crippen LogP contribution in [0.2, 0.25) is 0 Å². The lowest BCUT2D eigenvalue weighted by atomic mass is 10.1.